The van der Waals surface area contributed by atoms with E-state index in [0.717, 1.165) is 24.5 Å². The van der Waals surface area contributed by atoms with Gasteiger partial charge in [0, 0.05) is 36.9 Å². The summed E-state index contributed by atoms with van der Waals surface area (Å²) in [7, 11) is 0. The van der Waals surface area contributed by atoms with Crippen LogP contribution in [0.25, 0.3) is 0 Å². The standard InChI is InChI=1S/C15H18N4/c16-7-11-5-6-17-15(14(11)10-1-2-10)19-9-12-3-4-13(19)8-18-12/h5-6,10,12-13,18H,1-4,8-9H2. The molecule has 2 bridgehead atoms. The Balaban J connectivity index is 1.76. The number of nitrogens with zero attached hydrogens (tertiary/aromatic N) is 3. The topological polar surface area (TPSA) is 52.0 Å². The van der Waals surface area contributed by atoms with Gasteiger partial charge < -0.3 is 10.2 Å². The molecule has 0 amide bonds. The highest BCUT2D eigenvalue weighted by Crippen LogP contribution is 2.46. The van der Waals surface area contributed by atoms with Crippen molar-refractivity contribution in [3.05, 3.63) is 23.4 Å². The SMILES string of the molecule is N#Cc1ccnc(N2CC3CCC2CN3)c1C1CC1. The average molecular weight is 254 g/mol. The summed E-state index contributed by atoms with van der Waals surface area (Å²) in [6.07, 6.45) is 6.76. The van der Waals surface area contributed by atoms with E-state index in [2.05, 4.69) is 21.3 Å². The number of nitriles is 1. The molecule has 0 aromatic carbocycles. The third-order valence-corrected chi connectivity index (χ3v) is 4.70. The maximum Gasteiger partial charge on any atom is 0.133 e. The second-order valence-corrected chi connectivity index (χ2v) is 5.97. The van der Waals surface area contributed by atoms with E-state index in [0.29, 0.717) is 18.0 Å². The number of hydrogen-bond donors (Lipinski definition) is 1. The fourth-order valence-electron chi connectivity index (χ4n) is 3.53. The lowest BCUT2D eigenvalue weighted by atomic mass is 9.92. The van der Waals surface area contributed by atoms with Gasteiger partial charge in [-0.15, -0.1) is 0 Å². The van der Waals surface area contributed by atoms with E-state index in [4.69, 9.17) is 0 Å². The number of rotatable bonds is 2. The van der Waals surface area contributed by atoms with Crippen LogP contribution in [0.5, 0.6) is 0 Å². The molecule has 1 aromatic rings. The number of nitrogens with one attached hydrogen (secondary N) is 1. The zero-order valence-corrected chi connectivity index (χ0v) is 11.0. The molecule has 4 nitrogen and oxygen atoms in total. The first-order valence-electron chi connectivity index (χ1n) is 7.26. The van der Waals surface area contributed by atoms with E-state index in [1.54, 1.807) is 6.20 Å². The van der Waals surface area contributed by atoms with Gasteiger partial charge in [0.1, 0.15) is 5.82 Å². The number of piperidine rings is 2. The van der Waals surface area contributed by atoms with Crippen LogP contribution in [0.4, 0.5) is 5.82 Å². The van der Waals surface area contributed by atoms with Gasteiger partial charge in [-0.25, -0.2) is 4.98 Å². The largest absolute Gasteiger partial charge is 0.351 e. The van der Waals surface area contributed by atoms with Gasteiger partial charge in [0.25, 0.3) is 0 Å². The van der Waals surface area contributed by atoms with Crippen LogP contribution in [0.3, 0.4) is 0 Å². The van der Waals surface area contributed by atoms with Crippen molar-refractivity contribution in [1.29, 1.82) is 5.26 Å². The van der Waals surface area contributed by atoms with Crippen LogP contribution < -0.4 is 10.2 Å². The number of aromatic nitrogens is 1. The smallest absolute Gasteiger partial charge is 0.133 e. The molecule has 5 rings (SSSR count). The van der Waals surface area contributed by atoms with E-state index in [9.17, 15) is 5.26 Å². The minimum Gasteiger partial charge on any atom is -0.351 e. The van der Waals surface area contributed by atoms with Crippen molar-refractivity contribution in [2.24, 2.45) is 0 Å². The van der Waals surface area contributed by atoms with Crippen LogP contribution in [-0.2, 0) is 0 Å². The number of hydrogen-bond acceptors (Lipinski definition) is 4. The van der Waals surface area contributed by atoms with Crippen LogP contribution in [-0.4, -0.2) is 30.2 Å². The molecular weight excluding hydrogens is 236 g/mol. The Labute approximate surface area is 113 Å². The van der Waals surface area contributed by atoms with Gasteiger partial charge in [-0.05, 0) is 37.7 Å². The molecule has 4 fully saturated rings. The van der Waals surface area contributed by atoms with E-state index in [1.165, 1.54) is 31.2 Å². The summed E-state index contributed by atoms with van der Waals surface area (Å²) in [6.45, 7) is 2.11. The molecule has 2 atom stereocenters. The van der Waals surface area contributed by atoms with Crippen molar-refractivity contribution in [2.45, 2.75) is 43.7 Å². The first-order valence-corrected chi connectivity index (χ1v) is 7.26. The highest BCUT2D eigenvalue weighted by atomic mass is 15.3. The Hall–Kier alpha value is -1.60. The molecule has 19 heavy (non-hydrogen) atoms. The summed E-state index contributed by atoms with van der Waals surface area (Å²) in [5.74, 6) is 1.67. The van der Waals surface area contributed by atoms with Gasteiger partial charge in [0.05, 0.1) is 11.6 Å². The highest BCUT2D eigenvalue weighted by Gasteiger charge is 2.38. The van der Waals surface area contributed by atoms with Crippen molar-refractivity contribution in [3.8, 4) is 6.07 Å². The van der Waals surface area contributed by atoms with Gasteiger partial charge in [0.2, 0.25) is 0 Å². The Morgan fingerprint density at radius 1 is 1.32 bits per heavy atom. The number of anilines is 1. The Bertz CT molecular complexity index is 536. The van der Waals surface area contributed by atoms with Crippen LogP contribution in [0.2, 0.25) is 0 Å². The van der Waals surface area contributed by atoms with Crippen LogP contribution in [0, 0.1) is 11.3 Å². The third-order valence-electron chi connectivity index (χ3n) is 4.70. The van der Waals surface area contributed by atoms with Gasteiger partial charge in [-0.3, -0.25) is 0 Å². The number of fused-ring (bicyclic) bond motifs is 3. The summed E-state index contributed by atoms with van der Waals surface area (Å²) in [4.78, 5) is 7.10. The third kappa shape index (κ3) is 1.81. The predicted octanol–water partition coefficient (Wildman–Crippen LogP) is 1.77. The van der Waals surface area contributed by atoms with Crippen molar-refractivity contribution in [2.75, 3.05) is 18.0 Å². The van der Waals surface area contributed by atoms with E-state index in [1.807, 2.05) is 6.07 Å². The molecule has 0 spiro atoms. The van der Waals surface area contributed by atoms with Crippen molar-refractivity contribution in [1.82, 2.24) is 10.3 Å². The first-order chi connectivity index (χ1) is 9.36. The maximum absolute atomic E-state index is 9.34. The highest BCUT2D eigenvalue weighted by molar-refractivity contribution is 5.59. The summed E-state index contributed by atoms with van der Waals surface area (Å²) in [5.41, 5.74) is 2.06. The van der Waals surface area contributed by atoms with Gasteiger partial charge in [-0.1, -0.05) is 0 Å². The summed E-state index contributed by atoms with van der Waals surface area (Å²) < 4.78 is 0. The lowest BCUT2D eigenvalue weighted by molar-refractivity contribution is 0.288. The molecule has 98 valence electrons. The first kappa shape index (κ1) is 11.2. The molecule has 1 saturated carbocycles. The van der Waals surface area contributed by atoms with Crippen molar-refractivity contribution < 1.29 is 0 Å². The minimum atomic E-state index is 0.559. The lowest BCUT2D eigenvalue weighted by Crippen LogP contribution is -2.61. The van der Waals surface area contributed by atoms with Gasteiger partial charge >= 0.3 is 0 Å². The van der Waals surface area contributed by atoms with Crippen molar-refractivity contribution >= 4 is 5.82 Å². The summed E-state index contributed by atoms with van der Waals surface area (Å²) in [5, 5.41) is 12.9. The molecule has 4 heteroatoms. The molecule has 1 N–H and O–H groups in total. The van der Waals surface area contributed by atoms with Crippen LogP contribution in [0.1, 0.15) is 42.7 Å². The lowest BCUT2D eigenvalue weighted by Gasteiger charge is -2.47. The maximum atomic E-state index is 9.34. The zero-order chi connectivity index (χ0) is 12.8. The Morgan fingerprint density at radius 3 is 2.79 bits per heavy atom. The molecule has 1 aromatic heterocycles. The summed E-state index contributed by atoms with van der Waals surface area (Å²) in [6, 6.07) is 5.39. The Kier molecular flexibility index (Phi) is 2.49. The van der Waals surface area contributed by atoms with Crippen molar-refractivity contribution in [3.63, 3.8) is 0 Å². The number of pyridine rings is 1. The summed E-state index contributed by atoms with van der Waals surface area (Å²) >= 11 is 0. The fourth-order valence-corrected chi connectivity index (χ4v) is 3.53. The fraction of sp³-hybridized carbons (Fsp3) is 0.600. The van der Waals surface area contributed by atoms with E-state index < -0.39 is 0 Å². The monoisotopic (exact) mass is 254 g/mol. The molecule has 2 unspecified atom stereocenters. The average Bonchev–Trinajstić information content (AvgIpc) is 3.32. The predicted molar refractivity (Wildman–Crippen MR) is 73.1 cm³/mol. The van der Waals surface area contributed by atoms with Gasteiger partial charge in [0.15, 0.2) is 0 Å². The van der Waals surface area contributed by atoms with E-state index >= 15 is 0 Å². The second kappa shape index (κ2) is 4.21. The molecule has 4 heterocycles. The Morgan fingerprint density at radius 2 is 2.21 bits per heavy atom. The van der Waals surface area contributed by atoms with Gasteiger partial charge in [-0.2, -0.15) is 5.26 Å². The van der Waals surface area contributed by atoms with E-state index in [-0.39, 0.29) is 0 Å². The molecule has 3 aliphatic heterocycles. The molecule has 1 aliphatic carbocycles. The molecule has 0 radical (unpaired) electrons. The second-order valence-electron chi connectivity index (χ2n) is 5.97. The normalized spacial score (nSPS) is 29.3. The molecule has 3 saturated heterocycles. The number of piperazine rings is 1. The molecule has 4 aliphatic rings. The minimum absolute atomic E-state index is 0.559. The van der Waals surface area contributed by atoms with Crippen LogP contribution in [0.15, 0.2) is 12.3 Å². The zero-order valence-electron chi connectivity index (χ0n) is 11.0. The quantitative estimate of drug-likeness (QED) is 0.874. The van der Waals surface area contributed by atoms with Crippen LogP contribution >= 0.6 is 0 Å². The molecular formula is C15H18N4.